The molecule has 1 aliphatic heterocycles. The van der Waals surface area contributed by atoms with Crippen LogP contribution in [0.3, 0.4) is 0 Å². The van der Waals surface area contributed by atoms with Crippen molar-refractivity contribution in [1.82, 2.24) is 15.5 Å². The summed E-state index contributed by atoms with van der Waals surface area (Å²) in [5.74, 6) is 0.255. The second-order valence-electron chi connectivity index (χ2n) is 8.93. The van der Waals surface area contributed by atoms with Crippen LogP contribution in [0.1, 0.15) is 73.6 Å². The van der Waals surface area contributed by atoms with Gasteiger partial charge in [0.1, 0.15) is 5.54 Å². The fraction of sp³-hybridized carbons (Fsp3) is 0.944. The highest BCUT2D eigenvalue weighted by atomic mass is 16.2. The number of piperazine rings is 1. The number of nitrogens with zero attached hydrogens (tertiary/aromatic N) is 1. The van der Waals surface area contributed by atoms with E-state index in [9.17, 15) is 4.79 Å². The highest BCUT2D eigenvalue weighted by Gasteiger charge is 2.52. The summed E-state index contributed by atoms with van der Waals surface area (Å²) in [6, 6.07) is 0.401. The van der Waals surface area contributed by atoms with Crippen LogP contribution in [0.15, 0.2) is 0 Å². The van der Waals surface area contributed by atoms with E-state index in [1.54, 1.807) is 0 Å². The molecule has 1 saturated carbocycles. The van der Waals surface area contributed by atoms with E-state index >= 15 is 0 Å². The summed E-state index contributed by atoms with van der Waals surface area (Å²) in [5.41, 5.74) is -0.388. The Labute approximate surface area is 136 Å². The molecule has 4 nitrogen and oxygen atoms in total. The molecular formula is C18H35N3O. The highest BCUT2D eigenvalue weighted by Crippen LogP contribution is 2.39. The third kappa shape index (κ3) is 3.65. The minimum atomic E-state index is -0.256. The van der Waals surface area contributed by atoms with E-state index in [0.29, 0.717) is 6.04 Å². The highest BCUT2D eigenvalue weighted by molar-refractivity contribution is 5.88. The number of amides is 1. The van der Waals surface area contributed by atoms with Gasteiger partial charge in [-0.3, -0.25) is 9.69 Å². The fourth-order valence-electron chi connectivity index (χ4n) is 3.98. The molecule has 1 atom stereocenters. The maximum atomic E-state index is 13.0. The van der Waals surface area contributed by atoms with Crippen molar-refractivity contribution in [2.24, 2.45) is 0 Å². The van der Waals surface area contributed by atoms with Gasteiger partial charge in [-0.25, -0.2) is 0 Å². The Morgan fingerprint density at radius 1 is 1.23 bits per heavy atom. The van der Waals surface area contributed by atoms with Crippen molar-refractivity contribution in [2.75, 3.05) is 13.1 Å². The third-order valence-corrected chi connectivity index (χ3v) is 5.22. The molecule has 0 aromatic heterocycles. The van der Waals surface area contributed by atoms with Gasteiger partial charge in [-0.15, -0.1) is 0 Å². The van der Waals surface area contributed by atoms with Crippen LogP contribution < -0.4 is 10.6 Å². The number of rotatable bonds is 3. The molecule has 1 saturated heterocycles. The molecule has 0 aromatic carbocycles. The standard InChI is InChI=1S/C18H35N3O/c1-14(2)21-13-17(6,12-19-16(3,4)5)20-15(22)18(21)10-8-7-9-11-18/h14,19H,7-13H2,1-6H3,(H,20,22). The van der Waals surface area contributed by atoms with Gasteiger partial charge in [0.2, 0.25) is 5.91 Å². The summed E-state index contributed by atoms with van der Waals surface area (Å²) in [7, 11) is 0. The van der Waals surface area contributed by atoms with E-state index in [0.717, 1.165) is 25.9 Å². The molecule has 0 bridgehead atoms. The largest absolute Gasteiger partial charge is 0.347 e. The zero-order valence-electron chi connectivity index (χ0n) is 15.4. The lowest BCUT2D eigenvalue weighted by atomic mass is 9.75. The van der Waals surface area contributed by atoms with Crippen LogP contribution in [-0.2, 0) is 4.79 Å². The van der Waals surface area contributed by atoms with E-state index in [-0.39, 0.29) is 22.5 Å². The minimum absolute atomic E-state index is 0.0658. The van der Waals surface area contributed by atoms with Gasteiger partial charge in [0, 0.05) is 24.7 Å². The van der Waals surface area contributed by atoms with Gasteiger partial charge in [-0.2, -0.15) is 0 Å². The molecule has 0 radical (unpaired) electrons. The lowest BCUT2D eigenvalue weighted by molar-refractivity contribution is -0.148. The van der Waals surface area contributed by atoms with E-state index in [1.165, 1.54) is 19.3 Å². The fourth-order valence-corrected chi connectivity index (χ4v) is 3.98. The minimum Gasteiger partial charge on any atom is -0.347 e. The van der Waals surface area contributed by atoms with Gasteiger partial charge < -0.3 is 10.6 Å². The molecule has 2 N–H and O–H groups in total. The van der Waals surface area contributed by atoms with Gasteiger partial charge in [0.05, 0.1) is 5.54 Å². The number of nitrogens with one attached hydrogen (secondary N) is 2. The van der Waals surface area contributed by atoms with E-state index in [2.05, 4.69) is 57.1 Å². The molecular weight excluding hydrogens is 274 g/mol. The molecule has 2 rings (SSSR count). The quantitative estimate of drug-likeness (QED) is 0.842. The van der Waals surface area contributed by atoms with Crippen molar-refractivity contribution in [3.8, 4) is 0 Å². The number of carbonyl (C=O) groups is 1. The summed E-state index contributed by atoms with van der Waals surface area (Å²) >= 11 is 0. The number of hydrogen-bond acceptors (Lipinski definition) is 3. The van der Waals surface area contributed by atoms with Crippen molar-refractivity contribution in [1.29, 1.82) is 0 Å². The normalized spacial score (nSPS) is 29.9. The zero-order valence-corrected chi connectivity index (χ0v) is 15.4. The first-order valence-electron chi connectivity index (χ1n) is 8.92. The molecule has 1 amide bonds. The first-order chi connectivity index (χ1) is 10.1. The first-order valence-corrected chi connectivity index (χ1v) is 8.92. The van der Waals surface area contributed by atoms with Crippen molar-refractivity contribution in [3.63, 3.8) is 0 Å². The average Bonchev–Trinajstić information content (AvgIpc) is 2.41. The second-order valence-corrected chi connectivity index (χ2v) is 8.93. The summed E-state index contributed by atoms with van der Waals surface area (Å²) in [6.07, 6.45) is 5.64. The molecule has 4 heteroatoms. The second kappa shape index (κ2) is 6.12. The zero-order chi connectivity index (χ0) is 16.6. The molecule has 22 heavy (non-hydrogen) atoms. The SMILES string of the molecule is CC(C)N1CC(C)(CNC(C)(C)C)NC(=O)C12CCCCC2. The smallest absolute Gasteiger partial charge is 0.241 e. The maximum Gasteiger partial charge on any atom is 0.241 e. The van der Waals surface area contributed by atoms with Crippen LogP contribution >= 0.6 is 0 Å². The molecule has 128 valence electrons. The van der Waals surface area contributed by atoms with Crippen molar-refractivity contribution < 1.29 is 4.79 Å². The van der Waals surface area contributed by atoms with Crippen LogP contribution in [-0.4, -0.2) is 46.6 Å². The van der Waals surface area contributed by atoms with Gasteiger partial charge in [-0.1, -0.05) is 19.3 Å². The molecule has 1 spiro atoms. The van der Waals surface area contributed by atoms with Gasteiger partial charge in [0.25, 0.3) is 0 Å². The predicted octanol–water partition coefficient (Wildman–Crippen LogP) is 2.68. The Kier molecular flexibility index (Phi) is 4.94. The number of carbonyl (C=O) groups excluding carboxylic acids is 1. The van der Waals surface area contributed by atoms with Gasteiger partial charge >= 0.3 is 0 Å². The molecule has 2 fully saturated rings. The third-order valence-electron chi connectivity index (χ3n) is 5.22. The average molecular weight is 309 g/mol. The van der Waals surface area contributed by atoms with Crippen molar-refractivity contribution >= 4 is 5.91 Å². The topological polar surface area (TPSA) is 44.4 Å². The van der Waals surface area contributed by atoms with Crippen molar-refractivity contribution in [2.45, 2.75) is 96.3 Å². The summed E-state index contributed by atoms with van der Waals surface area (Å²) in [5, 5.41) is 6.93. The Morgan fingerprint density at radius 2 is 1.82 bits per heavy atom. The van der Waals surface area contributed by atoms with Crippen LogP contribution in [0.2, 0.25) is 0 Å². The Hall–Kier alpha value is -0.610. The summed E-state index contributed by atoms with van der Waals surface area (Å²) < 4.78 is 0. The van der Waals surface area contributed by atoms with E-state index in [4.69, 9.17) is 0 Å². The maximum absolute atomic E-state index is 13.0. The lowest BCUT2D eigenvalue weighted by Crippen LogP contribution is -2.76. The molecule has 1 heterocycles. The van der Waals surface area contributed by atoms with Crippen LogP contribution in [0.5, 0.6) is 0 Å². The summed E-state index contributed by atoms with van der Waals surface area (Å²) in [6.45, 7) is 14.9. The van der Waals surface area contributed by atoms with Crippen LogP contribution in [0.25, 0.3) is 0 Å². The lowest BCUT2D eigenvalue weighted by Gasteiger charge is -2.55. The predicted molar refractivity (Wildman–Crippen MR) is 92.0 cm³/mol. The molecule has 0 aromatic rings. The molecule has 2 aliphatic rings. The Bertz CT molecular complexity index is 407. The van der Waals surface area contributed by atoms with Crippen molar-refractivity contribution in [3.05, 3.63) is 0 Å². The van der Waals surface area contributed by atoms with Crippen LogP contribution in [0.4, 0.5) is 0 Å². The molecule has 1 unspecified atom stereocenters. The monoisotopic (exact) mass is 309 g/mol. The van der Waals surface area contributed by atoms with E-state index in [1.807, 2.05) is 0 Å². The summed E-state index contributed by atoms with van der Waals surface area (Å²) in [4.78, 5) is 15.5. The molecule has 1 aliphatic carbocycles. The van der Waals surface area contributed by atoms with Gasteiger partial charge in [-0.05, 0) is 54.4 Å². The Morgan fingerprint density at radius 3 is 2.32 bits per heavy atom. The van der Waals surface area contributed by atoms with Gasteiger partial charge in [0.15, 0.2) is 0 Å². The van der Waals surface area contributed by atoms with Crippen LogP contribution in [0, 0.1) is 0 Å². The van der Waals surface area contributed by atoms with E-state index < -0.39 is 0 Å². The first kappa shape index (κ1) is 17.7. The number of hydrogen-bond donors (Lipinski definition) is 2. The Balaban J connectivity index is 2.19.